The molecular weight excluding hydrogens is 368 g/mol. The fourth-order valence-electron chi connectivity index (χ4n) is 3.32. The zero-order valence-electron chi connectivity index (χ0n) is 14.4. The number of imide groups is 1. The number of rotatable bonds is 4. The lowest BCUT2D eigenvalue weighted by atomic mass is 9.77. The molecule has 2 aromatic rings. The molecule has 0 saturated carbocycles. The van der Waals surface area contributed by atoms with Crippen molar-refractivity contribution in [3.63, 3.8) is 0 Å². The fraction of sp³-hybridized carbons (Fsp3) is 0.200. The normalized spacial score (nSPS) is 18.7. The van der Waals surface area contributed by atoms with Crippen molar-refractivity contribution in [1.82, 2.24) is 0 Å². The Kier molecular flexibility index (Phi) is 4.98. The first-order chi connectivity index (χ1) is 13.0. The van der Waals surface area contributed by atoms with E-state index in [9.17, 15) is 14.4 Å². The molecule has 0 bridgehead atoms. The number of hydrogen-bond acceptors (Lipinski definition) is 4. The van der Waals surface area contributed by atoms with Crippen LogP contribution in [0.5, 0.6) is 0 Å². The average molecular weight is 383 g/mol. The highest BCUT2D eigenvalue weighted by Crippen LogP contribution is 2.43. The second-order valence-electron chi connectivity index (χ2n) is 6.04. The predicted octanol–water partition coefficient (Wildman–Crippen LogP) is 3.21. The van der Waals surface area contributed by atoms with E-state index in [0.29, 0.717) is 10.7 Å². The molecule has 2 aromatic carbocycles. The second-order valence-corrected chi connectivity index (χ2v) is 6.47. The maximum absolute atomic E-state index is 13.1. The van der Waals surface area contributed by atoms with Gasteiger partial charge in [0, 0.05) is 17.0 Å². The number of methoxy groups -OCH3 is 1. The van der Waals surface area contributed by atoms with Gasteiger partial charge in [0.25, 0.3) is 0 Å². The van der Waals surface area contributed by atoms with Gasteiger partial charge in [-0.15, -0.1) is 0 Å². The Morgan fingerprint density at radius 3 is 2.37 bits per heavy atom. The first-order valence-corrected chi connectivity index (χ1v) is 8.48. The summed E-state index contributed by atoms with van der Waals surface area (Å²) in [6, 6.07) is 14.5. The molecule has 1 saturated heterocycles. The molecule has 7 heteroatoms. The quantitative estimate of drug-likeness (QED) is 0.462. The first-order valence-electron chi connectivity index (χ1n) is 8.10. The standard InChI is InChI=1S/C20H15ClN2O4/c1-22-20(19(26)27-2,13-8-10-14(21)11-9-13)16-12-17(24)23(18(16)25)15-6-4-3-5-7-15/h3-11,16H,12H2,2H3/t16-,20-/m0/s1. The highest BCUT2D eigenvalue weighted by molar-refractivity contribution is 6.30. The number of benzene rings is 2. The van der Waals surface area contributed by atoms with Crippen LogP contribution in [-0.2, 0) is 24.7 Å². The van der Waals surface area contributed by atoms with Crippen LogP contribution in [0.15, 0.2) is 54.6 Å². The number of carbonyl (C=O) groups excluding carboxylic acids is 3. The monoisotopic (exact) mass is 382 g/mol. The van der Waals surface area contributed by atoms with Crippen LogP contribution in [0.25, 0.3) is 4.85 Å². The van der Waals surface area contributed by atoms with Crippen LogP contribution in [0.3, 0.4) is 0 Å². The minimum absolute atomic E-state index is 0.259. The maximum atomic E-state index is 13.1. The van der Waals surface area contributed by atoms with E-state index in [0.717, 1.165) is 12.0 Å². The molecule has 0 aromatic heterocycles. The molecule has 3 rings (SSSR count). The summed E-state index contributed by atoms with van der Waals surface area (Å²) < 4.78 is 4.86. The molecule has 6 nitrogen and oxygen atoms in total. The second kappa shape index (κ2) is 7.22. The van der Waals surface area contributed by atoms with Gasteiger partial charge in [0.05, 0.1) is 12.8 Å². The van der Waals surface area contributed by atoms with E-state index >= 15 is 0 Å². The Labute approximate surface area is 161 Å². The smallest absolute Gasteiger partial charge is 0.399 e. The van der Waals surface area contributed by atoms with Crippen LogP contribution in [0.4, 0.5) is 5.69 Å². The number of hydrogen-bond donors (Lipinski definition) is 0. The molecule has 0 aliphatic carbocycles. The van der Waals surface area contributed by atoms with Gasteiger partial charge in [-0.1, -0.05) is 29.8 Å². The Bertz CT molecular complexity index is 937. The van der Waals surface area contributed by atoms with Crippen molar-refractivity contribution < 1.29 is 19.1 Å². The van der Waals surface area contributed by atoms with E-state index in [1.165, 1.54) is 24.3 Å². The molecule has 27 heavy (non-hydrogen) atoms. The van der Waals surface area contributed by atoms with Gasteiger partial charge in [0.15, 0.2) is 0 Å². The van der Waals surface area contributed by atoms with E-state index in [1.54, 1.807) is 30.3 Å². The van der Waals surface area contributed by atoms with Crippen molar-refractivity contribution in [3.05, 3.63) is 76.6 Å². The summed E-state index contributed by atoms with van der Waals surface area (Å²) in [6.45, 7) is 7.73. The van der Waals surface area contributed by atoms with Crippen molar-refractivity contribution in [2.24, 2.45) is 5.92 Å². The largest absolute Gasteiger partial charge is 0.463 e. The van der Waals surface area contributed by atoms with Gasteiger partial charge < -0.3 is 4.74 Å². The van der Waals surface area contributed by atoms with E-state index in [-0.39, 0.29) is 12.0 Å². The van der Waals surface area contributed by atoms with Crippen LogP contribution in [0, 0.1) is 12.5 Å². The highest BCUT2D eigenvalue weighted by atomic mass is 35.5. The number of halogens is 1. The number of nitrogens with zero attached hydrogens (tertiary/aromatic N) is 2. The van der Waals surface area contributed by atoms with Gasteiger partial charge in [0.1, 0.15) is 5.92 Å². The molecule has 1 aliphatic rings. The average Bonchev–Trinajstić information content (AvgIpc) is 2.99. The number of carbonyl (C=O) groups is 3. The molecule has 0 N–H and O–H groups in total. The van der Waals surface area contributed by atoms with Crippen LogP contribution in [-0.4, -0.2) is 24.9 Å². The SMILES string of the molecule is [C-]#[N+][C@@](C(=O)OC)(c1ccc(Cl)cc1)[C@H]1CC(=O)N(c2ccccc2)C1=O. The molecule has 1 heterocycles. The first kappa shape index (κ1) is 18.6. The van der Waals surface area contributed by atoms with Crippen molar-refractivity contribution in [2.75, 3.05) is 12.0 Å². The van der Waals surface area contributed by atoms with Crippen molar-refractivity contribution in [1.29, 1.82) is 0 Å². The Morgan fingerprint density at radius 1 is 1.19 bits per heavy atom. The van der Waals surface area contributed by atoms with Crippen molar-refractivity contribution >= 4 is 35.1 Å². The third-order valence-corrected chi connectivity index (χ3v) is 4.87. The minimum Gasteiger partial charge on any atom is -0.463 e. The lowest BCUT2D eigenvalue weighted by molar-refractivity contribution is -0.149. The molecular formula is C20H15ClN2O4. The summed E-state index contributed by atoms with van der Waals surface area (Å²) >= 11 is 5.91. The van der Waals surface area contributed by atoms with Crippen LogP contribution >= 0.6 is 11.6 Å². The molecule has 1 fully saturated rings. The summed E-state index contributed by atoms with van der Waals surface area (Å²) in [4.78, 5) is 42.9. The predicted molar refractivity (Wildman–Crippen MR) is 98.8 cm³/mol. The topological polar surface area (TPSA) is 68.0 Å². The number of anilines is 1. The Balaban J connectivity index is 2.12. The van der Waals surface area contributed by atoms with Gasteiger partial charge in [-0.05, 0) is 36.4 Å². The van der Waals surface area contributed by atoms with E-state index in [1.807, 2.05) is 0 Å². The summed E-state index contributed by atoms with van der Waals surface area (Å²) in [5.74, 6) is -3.16. The zero-order valence-corrected chi connectivity index (χ0v) is 15.1. The third-order valence-electron chi connectivity index (χ3n) is 4.62. The lowest BCUT2D eigenvalue weighted by Gasteiger charge is -2.24. The molecule has 1 aliphatic heterocycles. The number of para-hydroxylation sites is 1. The fourth-order valence-corrected chi connectivity index (χ4v) is 3.44. The number of esters is 1. The van der Waals surface area contributed by atoms with Gasteiger partial charge in [-0.3, -0.25) is 19.3 Å². The summed E-state index contributed by atoms with van der Waals surface area (Å²) in [6.07, 6.45) is -0.270. The van der Waals surface area contributed by atoms with E-state index < -0.39 is 29.2 Å². The maximum Gasteiger partial charge on any atom is 0.399 e. The van der Waals surface area contributed by atoms with Crippen LogP contribution in [0.1, 0.15) is 12.0 Å². The molecule has 0 unspecified atom stereocenters. The minimum atomic E-state index is -1.96. The van der Waals surface area contributed by atoms with Crippen LogP contribution < -0.4 is 4.90 Å². The molecule has 136 valence electrons. The number of amides is 2. The highest BCUT2D eigenvalue weighted by Gasteiger charge is 2.63. The molecule has 2 atom stereocenters. The van der Waals surface area contributed by atoms with Crippen molar-refractivity contribution in [3.8, 4) is 0 Å². The summed E-state index contributed by atoms with van der Waals surface area (Å²) in [5, 5.41) is 0.419. The van der Waals surface area contributed by atoms with E-state index in [2.05, 4.69) is 4.85 Å². The molecule has 0 spiro atoms. The van der Waals surface area contributed by atoms with Gasteiger partial charge in [-0.2, -0.15) is 0 Å². The van der Waals surface area contributed by atoms with Gasteiger partial charge in [-0.25, -0.2) is 11.4 Å². The van der Waals surface area contributed by atoms with E-state index in [4.69, 9.17) is 22.9 Å². The van der Waals surface area contributed by atoms with Crippen molar-refractivity contribution in [2.45, 2.75) is 12.0 Å². The zero-order chi connectivity index (χ0) is 19.6. The Morgan fingerprint density at radius 2 is 1.81 bits per heavy atom. The van der Waals surface area contributed by atoms with Crippen LogP contribution in [0.2, 0.25) is 5.02 Å². The summed E-state index contributed by atoms with van der Waals surface area (Å²) in [7, 11) is 1.15. The Hall–Kier alpha value is -3.17. The van der Waals surface area contributed by atoms with Gasteiger partial charge >= 0.3 is 11.5 Å². The lowest BCUT2D eigenvalue weighted by Crippen LogP contribution is -2.45. The number of ether oxygens (including phenoxy) is 1. The third kappa shape index (κ3) is 2.96. The molecule has 0 radical (unpaired) electrons. The molecule has 2 amide bonds. The summed E-state index contributed by atoms with van der Waals surface area (Å²) in [5.41, 5.74) is -1.31. The van der Waals surface area contributed by atoms with Gasteiger partial charge in [0.2, 0.25) is 11.8 Å².